The van der Waals surface area contributed by atoms with Gasteiger partial charge in [-0.15, -0.1) is 0 Å². The van der Waals surface area contributed by atoms with Crippen molar-refractivity contribution in [2.24, 2.45) is 0 Å². The Morgan fingerprint density at radius 1 is 0.935 bits per heavy atom. The Morgan fingerprint density at radius 2 is 1.68 bits per heavy atom. The number of halogens is 2. The second kappa shape index (κ2) is 8.10. The zero-order chi connectivity index (χ0) is 22.3. The second-order valence-electron chi connectivity index (χ2n) is 7.18. The van der Waals surface area contributed by atoms with Gasteiger partial charge in [-0.05, 0) is 54.4 Å². The second-order valence-corrected chi connectivity index (χ2v) is 7.99. The van der Waals surface area contributed by atoms with E-state index in [1.807, 2.05) is 19.1 Å². The number of anilines is 1. The number of ketones is 1. The zero-order valence-electron chi connectivity index (χ0n) is 16.3. The fourth-order valence-electron chi connectivity index (χ4n) is 3.72. The van der Waals surface area contributed by atoms with Gasteiger partial charge in [0, 0.05) is 11.3 Å². The molecule has 31 heavy (non-hydrogen) atoms. The highest BCUT2D eigenvalue weighted by atomic mass is 35.5. The number of aromatic hydroxyl groups is 1. The molecular weight excluding hydrogens is 437 g/mol. The van der Waals surface area contributed by atoms with Crippen molar-refractivity contribution in [3.63, 3.8) is 0 Å². The smallest absolute Gasteiger partial charge is 0.300 e. The first-order valence-electron chi connectivity index (χ1n) is 9.40. The molecule has 0 radical (unpaired) electrons. The lowest BCUT2D eigenvalue weighted by Gasteiger charge is -2.26. The van der Waals surface area contributed by atoms with E-state index in [1.165, 1.54) is 35.2 Å². The van der Waals surface area contributed by atoms with Crippen LogP contribution in [0.3, 0.4) is 0 Å². The minimum atomic E-state index is -0.942. The van der Waals surface area contributed by atoms with Crippen molar-refractivity contribution < 1.29 is 19.8 Å². The van der Waals surface area contributed by atoms with E-state index >= 15 is 0 Å². The minimum Gasteiger partial charge on any atom is -0.508 e. The number of rotatable bonds is 3. The van der Waals surface area contributed by atoms with Gasteiger partial charge in [0.1, 0.15) is 11.5 Å². The van der Waals surface area contributed by atoms with Crippen LogP contribution in [-0.4, -0.2) is 21.9 Å². The summed E-state index contributed by atoms with van der Waals surface area (Å²) in [6, 6.07) is 16.9. The third-order valence-electron chi connectivity index (χ3n) is 5.20. The van der Waals surface area contributed by atoms with Gasteiger partial charge in [-0.25, -0.2) is 0 Å². The number of aryl methyl sites for hydroxylation is 1. The number of hydrogen-bond donors (Lipinski definition) is 2. The number of nitrogens with zero attached hydrogens (tertiary/aromatic N) is 1. The Kier molecular flexibility index (Phi) is 5.48. The van der Waals surface area contributed by atoms with Crippen LogP contribution in [0.15, 0.2) is 72.3 Å². The molecule has 1 aliphatic rings. The number of para-hydroxylation sites is 1. The van der Waals surface area contributed by atoms with Crippen LogP contribution in [0.2, 0.25) is 10.0 Å². The van der Waals surface area contributed by atoms with Crippen molar-refractivity contribution in [1.29, 1.82) is 0 Å². The van der Waals surface area contributed by atoms with E-state index in [9.17, 15) is 19.8 Å². The van der Waals surface area contributed by atoms with Crippen molar-refractivity contribution in [3.8, 4) is 5.75 Å². The number of phenols is 1. The molecule has 3 aromatic carbocycles. The molecule has 0 saturated carbocycles. The summed E-state index contributed by atoms with van der Waals surface area (Å²) in [5.41, 5.74) is 1.94. The standard InChI is InChI=1S/C24H17Cl2NO4/c1-13-5-2-3-8-19(13)27-21(14-6-4-7-16(28)11-14)20(23(30)24(27)31)22(29)15-9-10-17(25)18(26)12-15/h2-12,21,28-29H,1H3/b22-20-. The van der Waals surface area contributed by atoms with Crippen molar-refractivity contribution in [3.05, 3.63) is 99.0 Å². The highest BCUT2D eigenvalue weighted by Crippen LogP contribution is 2.43. The Hall–Kier alpha value is -3.28. The molecule has 1 heterocycles. The van der Waals surface area contributed by atoms with Crippen LogP contribution in [0.5, 0.6) is 5.75 Å². The van der Waals surface area contributed by atoms with Gasteiger partial charge in [-0.3, -0.25) is 14.5 Å². The summed E-state index contributed by atoms with van der Waals surface area (Å²) in [6.07, 6.45) is 0. The van der Waals surface area contributed by atoms with E-state index in [0.717, 1.165) is 5.56 Å². The number of carbonyl (C=O) groups is 2. The first-order chi connectivity index (χ1) is 14.8. The average Bonchev–Trinajstić information content (AvgIpc) is 3.01. The Labute approximate surface area is 188 Å². The molecule has 7 heteroatoms. The molecule has 0 bridgehead atoms. The molecule has 3 aromatic rings. The molecule has 2 N–H and O–H groups in total. The number of amides is 1. The molecule has 1 atom stereocenters. The van der Waals surface area contributed by atoms with Crippen LogP contribution >= 0.6 is 23.2 Å². The van der Waals surface area contributed by atoms with Crippen LogP contribution in [0.4, 0.5) is 5.69 Å². The van der Waals surface area contributed by atoms with E-state index in [1.54, 1.807) is 24.3 Å². The fourth-order valence-corrected chi connectivity index (χ4v) is 4.02. The quantitative estimate of drug-likeness (QED) is 0.305. The lowest BCUT2D eigenvalue weighted by molar-refractivity contribution is -0.132. The Morgan fingerprint density at radius 3 is 2.35 bits per heavy atom. The van der Waals surface area contributed by atoms with Gasteiger partial charge >= 0.3 is 0 Å². The normalized spacial score (nSPS) is 17.9. The zero-order valence-corrected chi connectivity index (χ0v) is 17.9. The Bertz CT molecular complexity index is 1250. The maximum atomic E-state index is 13.1. The van der Waals surface area contributed by atoms with E-state index < -0.39 is 17.7 Å². The van der Waals surface area contributed by atoms with Gasteiger partial charge in [0.25, 0.3) is 11.7 Å². The van der Waals surface area contributed by atoms with Crippen LogP contribution in [0, 0.1) is 6.92 Å². The maximum absolute atomic E-state index is 13.1. The molecular formula is C24H17Cl2NO4. The highest BCUT2D eigenvalue weighted by molar-refractivity contribution is 6.52. The van der Waals surface area contributed by atoms with Crippen molar-refractivity contribution >= 4 is 46.3 Å². The van der Waals surface area contributed by atoms with E-state index in [2.05, 4.69) is 0 Å². The number of hydrogen-bond acceptors (Lipinski definition) is 4. The molecule has 0 spiro atoms. The molecule has 0 aliphatic carbocycles. The van der Waals surface area contributed by atoms with Gasteiger partial charge in [-0.2, -0.15) is 0 Å². The number of benzene rings is 3. The van der Waals surface area contributed by atoms with Crippen LogP contribution in [0.25, 0.3) is 5.76 Å². The number of aliphatic hydroxyl groups excluding tert-OH is 1. The highest BCUT2D eigenvalue weighted by Gasteiger charge is 2.47. The van der Waals surface area contributed by atoms with Crippen LogP contribution in [0.1, 0.15) is 22.7 Å². The fraction of sp³-hybridized carbons (Fsp3) is 0.0833. The molecule has 4 rings (SSSR count). The minimum absolute atomic E-state index is 0.0255. The molecule has 1 fully saturated rings. The van der Waals surface area contributed by atoms with Crippen molar-refractivity contribution in [2.45, 2.75) is 13.0 Å². The Balaban J connectivity index is 1.99. The topological polar surface area (TPSA) is 77.8 Å². The average molecular weight is 454 g/mol. The molecule has 1 aliphatic heterocycles. The predicted molar refractivity (Wildman–Crippen MR) is 121 cm³/mol. The first kappa shape index (κ1) is 21.0. The van der Waals surface area contributed by atoms with Gasteiger partial charge in [-0.1, -0.05) is 53.5 Å². The van der Waals surface area contributed by atoms with Crippen molar-refractivity contribution in [1.82, 2.24) is 0 Å². The summed E-state index contributed by atoms with van der Waals surface area (Å²) in [7, 11) is 0. The number of aliphatic hydroxyl groups is 1. The number of Topliss-reactive ketones (excluding diaryl/α,β-unsaturated/α-hetero) is 1. The number of phenolic OH excluding ortho intramolecular Hbond substituents is 1. The molecule has 1 saturated heterocycles. The van der Waals surface area contributed by atoms with E-state index in [4.69, 9.17) is 23.2 Å². The summed E-state index contributed by atoms with van der Waals surface area (Å²) in [4.78, 5) is 27.6. The lowest BCUT2D eigenvalue weighted by Crippen LogP contribution is -2.30. The molecule has 1 amide bonds. The van der Waals surface area contributed by atoms with E-state index in [0.29, 0.717) is 16.3 Å². The molecule has 156 valence electrons. The van der Waals surface area contributed by atoms with Crippen molar-refractivity contribution in [2.75, 3.05) is 4.90 Å². The number of carbonyl (C=O) groups excluding carboxylic acids is 2. The maximum Gasteiger partial charge on any atom is 0.300 e. The van der Waals surface area contributed by atoms with Gasteiger partial charge < -0.3 is 10.2 Å². The summed E-state index contributed by atoms with van der Waals surface area (Å²) in [5, 5.41) is 21.6. The summed E-state index contributed by atoms with van der Waals surface area (Å²) in [5.74, 6) is -2.01. The predicted octanol–water partition coefficient (Wildman–Crippen LogP) is 5.63. The van der Waals surface area contributed by atoms with Crippen LogP contribution < -0.4 is 4.90 Å². The SMILES string of the molecule is Cc1ccccc1N1C(=O)C(=O)/C(=C(\O)c2ccc(Cl)c(Cl)c2)C1c1cccc(O)c1. The molecule has 0 aromatic heterocycles. The van der Waals surface area contributed by atoms with Gasteiger partial charge in [0.05, 0.1) is 21.7 Å². The van der Waals surface area contributed by atoms with Gasteiger partial charge in [0.2, 0.25) is 0 Å². The third kappa shape index (κ3) is 3.67. The summed E-state index contributed by atoms with van der Waals surface area (Å²) >= 11 is 12.1. The monoisotopic (exact) mass is 453 g/mol. The van der Waals surface area contributed by atoms with Gasteiger partial charge in [0.15, 0.2) is 0 Å². The molecule has 1 unspecified atom stereocenters. The summed E-state index contributed by atoms with van der Waals surface area (Å²) in [6.45, 7) is 1.83. The van der Waals surface area contributed by atoms with E-state index in [-0.39, 0.29) is 27.7 Å². The largest absolute Gasteiger partial charge is 0.508 e. The molecule has 5 nitrogen and oxygen atoms in total. The third-order valence-corrected chi connectivity index (χ3v) is 5.94. The van der Waals surface area contributed by atoms with Crippen LogP contribution in [-0.2, 0) is 9.59 Å². The summed E-state index contributed by atoms with van der Waals surface area (Å²) < 4.78 is 0. The first-order valence-corrected chi connectivity index (χ1v) is 10.2. The lowest BCUT2D eigenvalue weighted by atomic mass is 9.94.